The van der Waals surface area contributed by atoms with Crippen LogP contribution in [0, 0.1) is 0 Å². The van der Waals surface area contributed by atoms with Crippen LogP contribution in [0.3, 0.4) is 0 Å². The zero-order chi connectivity index (χ0) is 17.8. The summed E-state index contributed by atoms with van der Waals surface area (Å²) in [4.78, 5) is 13.7. The van der Waals surface area contributed by atoms with Crippen LogP contribution in [0.1, 0.15) is 31.1 Å². The van der Waals surface area contributed by atoms with Crippen molar-refractivity contribution in [2.75, 3.05) is 20.8 Å². The molecule has 1 aromatic heterocycles. The Morgan fingerprint density at radius 1 is 1.40 bits per heavy atom. The zero-order valence-electron chi connectivity index (χ0n) is 14.9. The summed E-state index contributed by atoms with van der Waals surface area (Å²) in [6.45, 7) is 3.82. The van der Waals surface area contributed by atoms with Gasteiger partial charge in [0.1, 0.15) is 17.2 Å². The Kier molecular flexibility index (Phi) is 5.38. The van der Waals surface area contributed by atoms with Gasteiger partial charge in [0.05, 0.1) is 14.2 Å². The second kappa shape index (κ2) is 7.70. The number of hydrogen-bond acceptors (Lipinski definition) is 6. The molecule has 0 fully saturated rings. The lowest BCUT2D eigenvalue weighted by atomic mass is 9.99. The summed E-state index contributed by atoms with van der Waals surface area (Å²) in [5, 5.41) is 4.29. The third-order valence-electron chi connectivity index (χ3n) is 4.82. The molecule has 3 rings (SSSR count). The Hall–Kier alpha value is -2.34. The van der Waals surface area contributed by atoms with Gasteiger partial charge in [-0.25, -0.2) is 0 Å². The lowest BCUT2D eigenvalue weighted by Crippen LogP contribution is -2.37. The molecule has 1 atom stereocenters. The number of benzene rings is 1. The SMILES string of the molecule is COC(=O)CCC(C)N1CCc2onc(-c3cccc(OC)c3)c2C1. The molecule has 25 heavy (non-hydrogen) atoms. The number of hydrogen-bond donors (Lipinski definition) is 0. The molecule has 0 amide bonds. The van der Waals surface area contributed by atoms with Crippen molar-refractivity contribution < 1.29 is 18.8 Å². The van der Waals surface area contributed by atoms with Gasteiger partial charge in [-0.1, -0.05) is 17.3 Å². The van der Waals surface area contributed by atoms with Gasteiger partial charge >= 0.3 is 5.97 Å². The number of nitrogens with zero attached hydrogens (tertiary/aromatic N) is 2. The zero-order valence-corrected chi connectivity index (χ0v) is 14.9. The highest BCUT2D eigenvalue weighted by Crippen LogP contribution is 2.32. The predicted molar refractivity (Wildman–Crippen MR) is 93.3 cm³/mol. The van der Waals surface area contributed by atoms with Crippen LogP contribution in [0.5, 0.6) is 5.75 Å². The molecule has 6 heteroatoms. The van der Waals surface area contributed by atoms with Gasteiger partial charge in [0, 0.05) is 43.1 Å². The maximum atomic E-state index is 11.4. The van der Waals surface area contributed by atoms with Crippen molar-refractivity contribution in [1.29, 1.82) is 0 Å². The van der Waals surface area contributed by atoms with Crippen molar-refractivity contribution in [3.05, 3.63) is 35.6 Å². The topological polar surface area (TPSA) is 64.8 Å². The highest BCUT2D eigenvalue weighted by molar-refractivity contribution is 5.69. The van der Waals surface area contributed by atoms with E-state index in [1.165, 1.54) is 7.11 Å². The predicted octanol–water partition coefficient (Wildman–Crippen LogP) is 3.05. The minimum Gasteiger partial charge on any atom is -0.497 e. The summed E-state index contributed by atoms with van der Waals surface area (Å²) in [6, 6.07) is 8.14. The van der Waals surface area contributed by atoms with Crippen LogP contribution in [0.25, 0.3) is 11.3 Å². The van der Waals surface area contributed by atoms with Crippen molar-refractivity contribution in [3.8, 4) is 17.0 Å². The third kappa shape index (κ3) is 3.85. The Bertz CT molecular complexity index is 741. The van der Waals surface area contributed by atoms with Crippen molar-refractivity contribution >= 4 is 5.97 Å². The lowest BCUT2D eigenvalue weighted by molar-refractivity contribution is -0.141. The molecule has 2 heterocycles. The van der Waals surface area contributed by atoms with Crippen molar-refractivity contribution in [3.63, 3.8) is 0 Å². The van der Waals surface area contributed by atoms with E-state index in [9.17, 15) is 4.79 Å². The van der Waals surface area contributed by atoms with E-state index in [1.807, 2.05) is 24.3 Å². The molecule has 1 aliphatic rings. The smallest absolute Gasteiger partial charge is 0.305 e. The molecule has 6 nitrogen and oxygen atoms in total. The van der Waals surface area contributed by atoms with Crippen LogP contribution >= 0.6 is 0 Å². The van der Waals surface area contributed by atoms with E-state index in [-0.39, 0.29) is 5.97 Å². The Balaban J connectivity index is 1.76. The molecule has 0 N–H and O–H groups in total. The number of ether oxygens (including phenoxy) is 2. The van der Waals surface area contributed by atoms with Crippen LogP contribution in [-0.4, -0.2) is 42.8 Å². The molecule has 0 spiro atoms. The monoisotopic (exact) mass is 344 g/mol. The average molecular weight is 344 g/mol. The fourth-order valence-corrected chi connectivity index (χ4v) is 3.21. The van der Waals surface area contributed by atoms with Crippen LogP contribution in [0.15, 0.2) is 28.8 Å². The number of aromatic nitrogens is 1. The van der Waals surface area contributed by atoms with Gasteiger partial charge in [0.15, 0.2) is 0 Å². The number of esters is 1. The first-order valence-corrected chi connectivity index (χ1v) is 8.55. The Labute approximate surface area is 147 Å². The van der Waals surface area contributed by atoms with E-state index in [0.717, 1.165) is 54.3 Å². The number of carbonyl (C=O) groups excluding carboxylic acids is 1. The Morgan fingerprint density at radius 2 is 2.24 bits per heavy atom. The van der Waals surface area contributed by atoms with Crippen LogP contribution in [0.4, 0.5) is 0 Å². The molecular weight excluding hydrogens is 320 g/mol. The van der Waals surface area contributed by atoms with Crippen molar-refractivity contribution in [2.45, 2.75) is 38.8 Å². The normalized spacial score (nSPS) is 15.5. The summed E-state index contributed by atoms with van der Waals surface area (Å²) < 4.78 is 15.6. The summed E-state index contributed by atoms with van der Waals surface area (Å²) in [7, 11) is 3.08. The molecule has 2 aromatic rings. The molecule has 0 radical (unpaired) electrons. The van der Waals surface area contributed by atoms with E-state index in [4.69, 9.17) is 14.0 Å². The van der Waals surface area contributed by atoms with Gasteiger partial charge in [-0.05, 0) is 25.5 Å². The van der Waals surface area contributed by atoms with Crippen LogP contribution in [0.2, 0.25) is 0 Å². The molecule has 1 aliphatic heterocycles. The van der Waals surface area contributed by atoms with E-state index < -0.39 is 0 Å². The Morgan fingerprint density at radius 3 is 3.00 bits per heavy atom. The van der Waals surface area contributed by atoms with E-state index >= 15 is 0 Å². The summed E-state index contributed by atoms with van der Waals surface area (Å²) in [6.07, 6.45) is 2.05. The maximum absolute atomic E-state index is 11.4. The maximum Gasteiger partial charge on any atom is 0.305 e. The van der Waals surface area contributed by atoms with E-state index in [0.29, 0.717) is 12.5 Å². The second-order valence-corrected chi connectivity index (χ2v) is 6.35. The molecule has 0 saturated carbocycles. The summed E-state index contributed by atoms with van der Waals surface area (Å²) in [5.41, 5.74) is 3.00. The summed E-state index contributed by atoms with van der Waals surface area (Å²) >= 11 is 0. The molecule has 0 bridgehead atoms. The molecule has 134 valence electrons. The molecule has 1 aromatic carbocycles. The van der Waals surface area contributed by atoms with Gasteiger partial charge < -0.3 is 14.0 Å². The van der Waals surface area contributed by atoms with E-state index in [2.05, 4.69) is 17.0 Å². The second-order valence-electron chi connectivity index (χ2n) is 6.35. The van der Waals surface area contributed by atoms with Crippen molar-refractivity contribution in [2.24, 2.45) is 0 Å². The number of methoxy groups -OCH3 is 2. The van der Waals surface area contributed by atoms with Crippen LogP contribution < -0.4 is 4.74 Å². The molecule has 1 unspecified atom stereocenters. The van der Waals surface area contributed by atoms with Gasteiger partial charge in [-0.3, -0.25) is 9.69 Å². The fourth-order valence-electron chi connectivity index (χ4n) is 3.21. The highest BCUT2D eigenvalue weighted by atomic mass is 16.5. The first-order chi connectivity index (χ1) is 12.1. The number of rotatable bonds is 6. The first-order valence-electron chi connectivity index (χ1n) is 8.55. The summed E-state index contributed by atoms with van der Waals surface area (Å²) in [5.74, 6) is 1.59. The van der Waals surface area contributed by atoms with Crippen LogP contribution in [-0.2, 0) is 22.5 Å². The number of carbonyl (C=O) groups is 1. The van der Waals surface area contributed by atoms with Crippen molar-refractivity contribution in [1.82, 2.24) is 10.1 Å². The minimum atomic E-state index is -0.161. The molecule has 0 saturated heterocycles. The number of fused-ring (bicyclic) bond motifs is 1. The minimum absolute atomic E-state index is 0.161. The van der Waals surface area contributed by atoms with E-state index in [1.54, 1.807) is 7.11 Å². The largest absolute Gasteiger partial charge is 0.497 e. The molecular formula is C19H24N2O4. The fraction of sp³-hybridized carbons (Fsp3) is 0.474. The quantitative estimate of drug-likeness (QED) is 0.751. The van der Waals surface area contributed by atoms with Gasteiger partial charge in [-0.15, -0.1) is 0 Å². The molecule has 0 aliphatic carbocycles. The average Bonchev–Trinajstić information content (AvgIpc) is 3.08. The lowest BCUT2D eigenvalue weighted by Gasteiger charge is -2.31. The first kappa shape index (κ1) is 17.5. The third-order valence-corrected chi connectivity index (χ3v) is 4.82. The van der Waals surface area contributed by atoms with Gasteiger partial charge in [-0.2, -0.15) is 0 Å². The standard InChI is InChI=1S/C19H24N2O4/c1-13(7-8-18(22)24-3)21-10-9-17-16(12-21)19(20-25-17)14-5-4-6-15(11-14)23-2/h4-6,11,13H,7-10,12H2,1-3H3. The van der Waals surface area contributed by atoms with Gasteiger partial charge in [0.25, 0.3) is 0 Å². The van der Waals surface area contributed by atoms with Gasteiger partial charge in [0.2, 0.25) is 0 Å². The highest BCUT2D eigenvalue weighted by Gasteiger charge is 2.27.